The zero-order valence-electron chi connectivity index (χ0n) is 10.3. The van der Waals surface area contributed by atoms with E-state index in [-0.39, 0.29) is 12.3 Å². The number of nitrogens with two attached hydrogens (primary N) is 1. The second-order valence-electron chi connectivity index (χ2n) is 4.40. The third-order valence-corrected chi connectivity index (χ3v) is 5.56. The van der Waals surface area contributed by atoms with E-state index in [9.17, 15) is 21.6 Å². The van der Waals surface area contributed by atoms with Crippen molar-refractivity contribution >= 4 is 27.4 Å². The first-order valence-corrected chi connectivity index (χ1v) is 8.55. The average molecular weight is 319 g/mol. The van der Waals surface area contributed by atoms with Gasteiger partial charge >= 0.3 is 6.18 Å². The van der Waals surface area contributed by atoms with Crippen LogP contribution in [0.3, 0.4) is 0 Å². The molecule has 19 heavy (non-hydrogen) atoms. The van der Waals surface area contributed by atoms with Gasteiger partial charge in [-0.1, -0.05) is 0 Å². The zero-order chi connectivity index (χ0) is 14.8. The van der Waals surface area contributed by atoms with E-state index in [0.717, 1.165) is 6.26 Å². The van der Waals surface area contributed by atoms with E-state index in [4.69, 9.17) is 11.1 Å². The van der Waals surface area contributed by atoms with E-state index >= 15 is 0 Å². The molecule has 0 aromatic rings. The number of nitrogens with one attached hydrogen (secondary N) is 1. The van der Waals surface area contributed by atoms with E-state index in [1.165, 1.54) is 16.7 Å². The maximum atomic E-state index is 12.7. The molecular weight excluding hydrogens is 303 g/mol. The Balaban J connectivity index is 2.90. The van der Waals surface area contributed by atoms with Gasteiger partial charge in [0.1, 0.15) is 17.1 Å². The number of nitrogens with zero attached hydrogens (tertiary/aromatic N) is 1. The van der Waals surface area contributed by atoms with Crippen LogP contribution in [0.2, 0.25) is 0 Å². The Morgan fingerprint density at radius 3 is 2.58 bits per heavy atom. The third kappa shape index (κ3) is 4.53. The molecule has 2 atom stereocenters. The number of hydrogen-bond acceptors (Lipinski definition) is 5. The normalized spacial score (nSPS) is 24.1. The molecule has 2 unspecified atom stereocenters. The Morgan fingerprint density at radius 1 is 1.58 bits per heavy atom. The molecule has 1 aliphatic heterocycles. The topological polar surface area (TPSA) is 87.2 Å². The van der Waals surface area contributed by atoms with Crippen molar-refractivity contribution in [3.8, 4) is 0 Å². The molecule has 0 bridgehead atoms. The first-order chi connectivity index (χ1) is 8.53. The fourth-order valence-electron chi connectivity index (χ4n) is 1.83. The van der Waals surface area contributed by atoms with Gasteiger partial charge in [0.15, 0.2) is 9.84 Å². The summed E-state index contributed by atoms with van der Waals surface area (Å²) in [5, 5.41) is 6.08. The highest BCUT2D eigenvalue weighted by molar-refractivity contribution is 8.00. The highest BCUT2D eigenvalue weighted by Gasteiger charge is 2.45. The van der Waals surface area contributed by atoms with Crippen molar-refractivity contribution in [2.75, 3.05) is 30.9 Å². The van der Waals surface area contributed by atoms with Crippen molar-refractivity contribution in [2.24, 2.45) is 11.7 Å². The zero-order valence-corrected chi connectivity index (χ0v) is 11.9. The van der Waals surface area contributed by atoms with Crippen LogP contribution in [0.4, 0.5) is 13.2 Å². The van der Waals surface area contributed by atoms with E-state index in [1.54, 1.807) is 0 Å². The van der Waals surface area contributed by atoms with Crippen LogP contribution in [-0.4, -0.2) is 61.6 Å². The van der Waals surface area contributed by atoms with Gasteiger partial charge in [0.05, 0.1) is 0 Å². The third-order valence-electron chi connectivity index (χ3n) is 2.87. The molecule has 0 spiro atoms. The molecule has 0 aliphatic carbocycles. The first-order valence-electron chi connectivity index (χ1n) is 5.44. The van der Waals surface area contributed by atoms with Crippen LogP contribution in [0.1, 0.15) is 0 Å². The molecule has 0 amide bonds. The molecule has 5 nitrogen and oxygen atoms in total. The number of sulfone groups is 1. The van der Waals surface area contributed by atoms with Gasteiger partial charge in [-0.2, -0.15) is 24.9 Å². The number of halogens is 3. The molecule has 1 heterocycles. The van der Waals surface area contributed by atoms with Crippen LogP contribution < -0.4 is 5.73 Å². The number of hydrogen-bond donors (Lipinski definition) is 2. The van der Waals surface area contributed by atoms with Crippen LogP contribution in [-0.2, 0) is 9.84 Å². The first kappa shape index (κ1) is 16.6. The maximum absolute atomic E-state index is 12.7. The van der Waals surface area contributed by atoms with E-state index < -0.39 is 39.7 Å². The molecular formula is C9H16F3N3O2S2. The molecule has 0 aromatic heterocycles. The lowest BCUT2D eigenvalue weighted by Crippen LogP contribution is -2.52. The minimum Gasteiger partial charge on any atom is -0.387 e. The average Bonchev–Trinajstić information content (AvgIpc) is 2.23. The largest absolute Gasteiger partial charge is 0.399 e. The lowest BCUT2D eigenvalue weighted by molar-refractivity contribution is -0.160. The van der Waals surface area contributed by atoms with Crippen LogP contribution >= 0.6 is 11.8 Å². The summed E-state index contributed by atoms with van der Waals surface area (Å²) in [5.74, 6) is -2.31. The fraction of sp³-hybridized carbons (Fsp3) is 0.889. The van der Waals surface area contributed by atoms with Crippen LogP contribution in [0, 0.1) is 11.3 Å². The molecule has 0 radical (unpaired) electrons. The van der Waals surface area contributed by atoms with Crippen molar-refractivity contribution in [1.29, 1.82) is 5.41 Å². The maximum Gasteiger partial charge on any atom is 0.399 e. The van der Waals surface area contributed by atoms with E-state index in [2.05, 4.69) is 0 Å². The molecule has 1 aliphatic rings. The highest BCUT2D eigenvalue weighted by atomic mass is 32.2. The van der Waals surface area contributed by atoms with E-state index in [0.29, 0.717) is 5.75 Å². The summed E-state index contributed by atoms with van der Waals surface area (Å²) in [6.07, 6.45) is -3.63. The van der Waals surface area contributed by atoms with Crippen molar-refractivity contribution in [2.45, 2.75) is 11.6 Å². The fourth-order valence-corrected chi connectivity index (χ4v) is 4.78. The number of alkyl halides is 3. The standard InChI is InChI=1S/C9H16F3N3O2S2/c1-19(16,17)7-5-18-3-2-15(7)4-6(8(13)14)9(10,11)12/h6-7H,2-5H2,1H3,(H3,13,14). The number of rotatable bonds is 4. The molecule has 1 rings (SSSR count). The highest BCUT2D eigenvalue weighted by Crippen LogP contribution is 2.29. The van der Waals surface area contributed by atoms with Crippen molar-refractivity contribution < 1.29 is 21.6 Å². The van der Waals surface area contributed by atoms with Crippen molar-refractivity contribution in [1.82, 2.24) is 4.90 Å². The second-order valence-corrected chi connectivity index (χ2v) is 7.76. The second kappa shape index (κ2) is 5.88. The monoisotopic (exact) mass is 319 g/mol. The Labute approximate surface area is 114 Å². The Morgan fingerprint density at radius 2 is 2.16 bits per heavy atom. The predicted octanol–water partition coefficient (Wildman–Crippen LogP) is 0.520. The van der Waals surface area contributed by atoms with Gasteiger partial charge in [0.2, 0.25) is 0 Å². The van der Waals surface area contributed by atoms with Crippen molar-refractivity contribution in [3.63, 3.8) is 0 Å². The summed E-state index contributed by atoms with van der Waals surface area (Å²) in [5.41, 5.74) is 4.98. The lowest BCUT2D eigenvalue weighted by Gasteiger charge is -2.36. The van der Waals surface area contributed by atoms with Gasteiger partial charge < -0.3 is 5.73 Å². The van der Waals surface area contributed by atoms with Crippen LogP contribution in [0.15, 0.2) is 0 Å². The van der Waals surface area contributed by atoms with Gasteiger partial charge in [-0.3, -0.25) is 10.3 Å². The molecule has 0 aromatic carbocycles. The summed E-state index contributed by atoms with van der Waals surface area (Å²) in [7, 11) is -3.47. The molecule has 0 saturated carbocycles. The Hall–Kier alpha value is -0.480. The molecule has 1 fully saturated rings. The Kier molecular flexibility index (Phi) is 5.13. The van der Waals surface area contributed by atoms with Gasteiger partial charge in [-0.15, -0.1) is 0 Å². The van der Waals surface area contributed by atoms with Crippen LogP contribution in [0.5, 0.6) is 0 Å². The van der Waals surface area contributed by atoms with Gasteiger partial charge in [-0.25, -0.2) is 8.42 Å². The summed E-state index contributed by atoms with van der Waals surface area (Å²) >= 11 is 1.39. The van der Waals surface area contributed by atoms with Crippen LogP contribution in [0.25, 0.3) is 0 Å². The van der Waals surface area contributed by atoms with Gasteiger partial charge in [0, 0.05) is 30.9 Å². The van der Waals surface area contributed by atoms with Crippen molar-refractivity contribution in [3.05, 3.63) is 0 Å². The summed E-state index contributed by atoms with van der Waals surface area (Å²) in [6, 6.07) is 0. The quantitative estimate of drug-likeness (QED) is 0.583. The minimum absolute atomic E-state index is 0.237. The molecule has 112 valence electrons. The molecule has 10 heteroatoms. The summed E-state index contributed by atoms with van der Waals surface area (Å²) < 4.78 is 61.4. The smallest absolute Gasteiger partial charge is 0.387 e. The Bertz CT molecular complexity index is 438. The van der Waals surface area contributed by atoms with Gasteiger partial charge in [0.25, 0.3) is 0 Å². The number of thioether (sulfide) groups is 1. The minimum atomic E-state index is -4.64. The van der Waals surface area contributed by atoms with Gasteiger partial charge in [-0.05, 0) is 0 Å². The molecule has 1 saturated heterocycles. The van der Waals surface area contributed by atoms with E-state index in [1.807, 2.05) is 0 Å². The SMILES string of the molecule is CS(=O)(=O)C1CSCCN1CC(C(=N)N)C(F)(F)F. The number of amidine groups is 1. The molecule has 3 N–H and O–H groups in total. The summed E-state index contributed by atoms with van der Waals surface area (Å²) in [4.78, 5) is 1.26. The lowest BCUT2D eigenvalue weighted by atomic mass is 10.1. The predicted molar refractivity (Wildman–Crippen MR) is 69.0 cm³/mol. The summed E-state index contributed by atoms with van der Waals surface area (Å²) in [6.45, 7) is -0.348.